The molecule has 0 saturated carbocycles. The van der Waals surface area contributed by atoms with Crippen LogP contribution in [0.15, 0.2) is 65.7 Å². The fourth-order valence-corrected chi connectivity index (χ4v) is 4.55. The zero-order chi connectivity index (χ0) is 21.3. The number of carbonyl (C=O) groups excluding carboxylic acids is 2. The van der Waals surface area contributed by atoms with Crippen LogP contribution < -0.4 is 5.32 Å². The van der Waals surface area contributed by atoms with Gasteiger partial charge in [-0.05, 0) is 48.6 Å². The SMILES string of the molecule is Cc1ccc(NC(=O)C[C@@H]2SC(=Nc3cccc4ccccc34)N(C)C2=O)cc1C. The highest BCUT2D eigenvalue weighted by Crippen LogP contribution is 2.33. The van der Waals surface area contributed by atoms with Gasteiger partial charge in [0, 0.05) is 24.5 Å². The van der Waals surface area contributed by atoms with Crippen LogP contribution in [0.3, 0.4) is 0 Å². The second-order valence-corrected chi connectivity index (χ2v) is 8.62. The van der Waals surface area contributed by atoms with Crippen molar-refractivity contribution in [3.8, 4) is 0 Å². The van der Waals surface area contributed by atoms with E-state index >= 15 is 0 Å². The number of fused-ring (bicyclic) bond motifs is 1. The van der Waals surface area contributed by atoms with Crippen molar-refractivity contribution in [3.63, 3.8) is 0 Å². The van der Waals surface area contributed by atoms with Crippen LogP contribution >= 0.6 is 11.8 Å². The van der Waals surface area contributed by atoms with Crippen molar-refractivity contribution in [1.29, 1.82) is 0 Å². The van der Waals surface area contributed by atoms with E-state index in [1.165, 1.54) is 17.3 Å². The van der Waals surface area contributed by atoms with Gasteiger partial charge in [-0.1, -0.05) is 54.2 Å². The van der Waals surface area contributed by atoms with Crippen LogP contribution in [0.2, 0.25) is 0 Å². The molecule has 1 atom stereocenters. The number of hydrogen-bond donors (Lipinski definition) is 1. The summed E-state index contributed by atoms with van der Waals surface area (Å²) in [5, 5.41) is 5.16. The molecule has 0 radical (unpaired) electrons. The van der Waals surface area contributed by atoms with Gasteiger partial charge in [-0.25, -0.2) is 4.99 Å². The number of aliphatic imine (C=N–C) groups is 1. The molecule has 0 aromatic heterocycles. The maximum Gasteiger partial charge on any atom is 0.242 e. The van der Waals surface area contributed by atoms with Crippen molar-refractivity contribution >= 4 is 50.9 Å². The molecule has 0 unspecified atom stereocenters. The van der Waals surface area contributed by atoms with E-state index in [9.17, 15) is 9.59 Å². The Morgan fingerprint density at radius 2 is 1.83 bits per heavy atom. The van der Waals surface area contributed by atoms with Gasteiger partial charge in [0.25, 0.3) is 0 Å². The number of nitrogens with zero attached hydrogens (tertiary/aromatic N) is 2. The number of carbonyl (C=O) groups is 2. The van der Waals surface area contributed by atoms with Crippen LogP contribution in [0.4, 0.5) is 11.4 Å². The Bertz CT molecular complexity index is 1170. The Labute approximate surface area is 180 Å². The number of benzene rings is 3. The highest BCUT2D eigenvalue weighted by atomic mass is 32.2. The fourth-order valence-electron chi connectivity index (χ4n) is 3.41. The van der Waals surface area contributed by atoms with E-state index in [2.05, 4.69) is 5.32 Å². The van der Waals surface area contributed by atoms with E-state index in [4.69, 9.17) is 4.99 Å². The van der Waals surface area contributed by atoms with Crippen molar-refractivity contribution in [1.82, 2.24) is 4.90 Å². The Morgan fingerprint density at radius 1 is 1.07 bits per heavy atom. The Hall–Kier alpha value is -3.12. The van der Waals surface area contributed by atoms with Crippen LogP contribution in [0.1, 0.15) is 17.5 Å². The summed E-state index contributed by atoms with van der Waals surface area (Å²) in [6.45, 7) is 4.04. The molecule has 5 nitrogen and oxygen atoms in total. The Kier molecular flexibility index (Phi) is 5.59. The molecule has 1 N–H and O–H groups in total. The maximum absolute atomic E-state index is 12.7. The second kappa shape index (κ2) is 8.32. The molecular formula is C24H23N3O2S. The minimum Gasteiger partial charge on any atom is -0.326 e. The van der Waals surface area contributed by atoms with E-state index in [1.54, 1.807) is 11.9 Å². The van der Waals surface area contributed by atoms with Gasteiger partial charge in [-0.2, -0.15) is 0 Å². The first-order chi connectivity index (χ1) is 14.4. The largest absolute Gasteiger partial charge is 0.326 e. The molecule has 1 aliphatic rings. The quantitative estimate of drug-likeness (QED) is 0.646. The zero-order valence-corrected chi connectivity index (χ0v) is 18.0. The number of amidine groups is 1. The van der Waals surface area contributed by atoms with Crippen LogP contribution in [-0.4, -0.2) is 34.2 Å². The van der Waals surface area contributed by atoms with Crippen LogP contribution in [0, 0.1) is 13.8 Å². The van der Waals surface area contributed by atoms with Crippen LogP contribution in [0.5, 0.6) is 0 Å². The van der Waals surface area contributed by atoms with Gasteiger partial charge >= 0.3 is 0 Å². The van der Waals surface area contributed by atoms with Gasteiger partial charge in [0.2, 0.25) is 11.8 Å². The molecule has 0 spiro atoms. The van der Waals surface area contributed by atoms with Crippen molar-refractivity contribution in [2.75, 3.05) is 12.4 Å². The summed E-state index contributed by atoms with van der Waals surface area (Å²) < 4.78 is 0. The summed E-state index contributed by atoms with van der Waals surface area (Å²) in [4.78, 5) is 31.5. The Morgan fingerprint density at radius 3 is 2.63 bits per heavy atom. The zero-order valence-electron chi connectivity index (χ0n) is 17.2. The number of thioether (sulfide) groups is 1. The van der Waals surface area contributed by atoms with Crippen molar-refractivity contribution in [3.05, 3.63) is 71.8 Å². The highest BCUT2D eigenvalue weighted by Gasteiger charge is 2.37. The third-order valence-corrected chi connectivity index (χ3v) is 6.51. The summed E-state index contributed by atoms with van der Waals surface area (Å²) in [5.74, 6) is -0.280. The summed E-state index contributed by atoms with van der Waals surface area (Å²) in [6, 6.07) is 19.7. The number of anilines is 1. The molecule has 0 aliphatic carbocycles. The monoisotopic (exact) mass is 417 g/mol. The molecule has 6 heteroatoms. The van der Waals surface area contributed by atoms with Gasteiger partial charge in [-0.3, -0.25) is 14.5 Å². The van der Waals surface area contributed by atoms with E-state index in [-0.39, 0.29) is 18.2 Å². The average molecular weight is 418 g/mol. The number of nitrogens with one attached hydrogen (secondary N) is 1. The molecule has 1 heterocycles. The normalized spacial score (nSPS) is 17.7. The molecule has 152 valence electrons. The summed E-state index contributed by atoms with van der Waals surface area (Å²) in [7, 11) is 1.71. The molecule has 4 rings (SSSR count). The lowest BCUT2D eigenvalue weighted by atomic mass is 10.1. The maximum atomic E-state index is 12.7. The lowest BCUT2D eigenvalue weighted by Gasteiger charge is -2.10. The Balaban J connectivity index is 1.50. The first-order valence-electron chi connectivity index (χ1n) is 9.80. The molecule has 0 bridgehead atoms. The van der Waals surface area contributed by atoms with Crippen molar-refractivity contribution < 1.29 is 9.59 Å². The summed E-state index contributed by atoms with van der Waals surface area (Å²) >= 11 is 1.34. The third kappa shape index (κ3) is 4.09. The molecular weight excluding hydrogens is 394 g/mol. The topological polar surface area (TPSA) is 61.8 Å². The minimum absolute atomic E-state index is 0.103. The molecule has 1 aliphatic heterocycles. The lowest BCUT2D eigenvalue weighted by molar-refractivity contribution is -0.127. The predicted octanol–water partition coefficient (Wildman–Crippen LogP) is 5.05. The highest BCUT2D eigenvalue weighted by molar-refractivity contribution is 8.15. The van der Waals surface area contributed by atoms with Gasteiger partial charge in [0.1, 0.15) is 5.25 Å². The fraction of sp³-hybridized carbons (Fsp3) is 0.208. The predicted molar refractivity (Wildman–Crippen MR) is 124 cm³/mol. The van der Waals surface area contributed by atoms with Gasteiger partial charge in [0.15, 0.2) is 5.17 Å². The first kappa shape index (κ1) is 20.2. The van der Waals surface area contributed by atoms with Gasteiger partial charge < -0.3 is 5.32 Å². The lowest BCUT2D eigenvalue weighted by Crippen LogP contribution is -2.30. The summed E-state index contributed by atoms with van der Waals surface area (Å²) in [6.07, 6.45) is 0.106. The average Bonchev–Trinajstić information content (AvgIpc) is 2.99. The third-order valence-electron chi connectivity index (χ3n) is 5.28. The number of hydrogen-bond acceptors (Lipinski definition) is 4. The van der Waals surface area contributed by atoms with Crippen molar-refractivity contribution in [2.45, 2.75) is 25.5 Å². The molecule has 30 heavy (non-hydrogen) atoms. The molecule has 2 amide bonds. The molecule has 3 aromatic rings. The van der Waals surface area contributed by atoms with Gasteiger partial charge in [-0.15, -0.1) is 0 Å². The van der Waals surface area contributed by atoms with Crippen LogP contribution in [-0.2, 0) is 9.59 Å². The van der Waals surface area contributed by atoms with E-state index in [0.29, 0.717) is 5.17 Å². The second-order valence-electron chi connectivity index (χ2n) is 7.45. The minimum atomic E-state index is -0.477. The van der Waals surface area contributed by atoms with E-state index in [0.717, 1.165) is 27.7 Å². The first-order valence-corrected chi connectivity index (χ1v) is 10.7. The molecule has 1 saturated heterocycles. The smallest absolute Gasteiger partial charge is 0.242 e. The van der Waals surface area contributed by atoms with Crippen LogP contribution in [0.25, 0.3) is 10.8 Å². The van der Waals surface area contributed by atoms with E-state index < -0.39 is 5.25 Å². The number of amides is 2. The molecule has 3 aromatic carbocycles. The standard InChI is InChI=1S/C24H23N3O2S/c1-15-11-12-18(13-16(15)2)25-22(28)14-21-23(29)27(3)24(30-21)26-20-10-6-8-17-7-4-5-9-19(17)20/h4-13,21H,14H2,1-3H3,(H,25,28)/t21-/m0/s1. The summed E-state index contributed by atoms with van der Waals surface area (Å²) in [5.41, 5.74) is 3.85. The molecule has 1 fully saturated rings. The van der Waals surface area contributed by atoms with Gasteiger partial charge in [0.05, 0.1) is 5.69 Å². The number of rotatable bonds is 4. The van der Waals surface area contributed by atoms with Crippen molar-refractivity contribution in [2.24, 2.45) is 4.99 Å². The number of aryl methyl sites for hydroxylation is 2. The van der Waals surface area contributed by atoms with E-state index in [1.807, 2.05) is 74.5 Å².